The summed E-state index contributed by atoms with van der Waals surface area (Å²) in [5, 5.41) is 46.1. The second-order valence-corrected chi connectivity index (χ2v) is 4.85. The van der Waals surface area contributed by atoms with Gasteiger partial charge in [-0.2, -0.15) is 0 Å². The minimum Gasteiger partial charge on any atom is -0.790 e. The minimum atomic E-state index is -5.50. The van der Waals surface area contributed by atoms with Crippen LogP contribution in [0.15, 0.2) is 0 Å². The van der Waals surface area contributed by atoms with Gasteiger partial charge in [-0.25, -0.2) is 0 Å². The van der Waals surface area contributed by atoms with E-state index in [1.807, 2.05) is 0 Å². The van der Waals surface area contributed by atoms with E-state index < -0.39 is 51.2 Å². The molecule has 1 rings (SSSR count). The Balaban J connectivity index is 2.84. The van der Waals surface area contributed by atoms with Gasteiger partial charge in [-0.1, -0.05) is 0 Å². The molecule has 0 unspecified atom stereocenters. The van der Waals surface area contributed by atoms with Crippen LogP contribution in [-0.4, -0.2) is 68.9 Å². The van der Waals surface area contributed by atoms with Crippen molar-refractivity contribution in [3.63, 3.8) is 0 Å². The predicted octanol–water partition coefficient (Wildman–Crippen LogP) is -5.01. The summed E-state index contributed by atoms with van der Waals surface area (Å²) in [6.07, 6.45) is -11.1. The van der Waals surface area contributed by atoms with Crippen molar-refractivity contribution in [1.29, 1.82) is 0 Å². The van der Waals surface area contributed by atoms with E-state index in [1.54, 1.807) is 0 Å². The quantitative estimate of drug-likeness (QED) is 0.314. The molecule has 108 valence electrons. The monoisotopic (exact) mass is 288 g/mol. The Labute approximate surface area is 101 Å². The fourth-order valence-electron chi connectivity index (χ4n) is 1.51. The van der Waals surface area contributed by atoms with Crippen LogP contribution >= 0.6 is 7.82 Å². The first-order chi connectivity index (χ1) is 8.17. The third-order valence-electron chi connectivity index (χ3n) is 2.41. The largest absolute Gasteiger partial charge is 0.790 e. The first kappa shape index (κ1) is 15.9. The average Bonchev–Trinajstić information content (AvgIpc) is 2.27. The molecule has 18 heavy (non-hydrogen) atoms. The maximum absolute atomic E-state index is 10.4. The molecule has 0 aromatic carbocycles. The van der Waals surface area contributed by atoms with Gasteiger partial charge in [0, 0.05) is 0 Å². The summed E-state index contributed by atoms with van der Waals surface area (Å²) >= 11 is 0. The second-order valence-electron chi connectivity index (χ2n) is 3.74. The minimum absolute atomic E-state index is 0.857. The van der Waals surface area contributed by atoms with Crippen LogP contribution in [0.25, 0.3) is 0 Å². The molecular formula is C7H13O10P-2. The lowest BCUT2D eigenvalue weighted by Gasteiger charge is -2.44. The molecule has 1 fully saturated rings. The Morgan fingerprint density at radius 1 is 1.22 bits per heavy atom. The molecule has 0 aromatic rings. The van der Waals surface area contributed by atoms with Crippen LogP contribution in [0.1, 0.15) is 0 Å². The standard InChI is InChI=1S/C7H15O10P/c8-1-2(9)6-4(11)3(10)5(12)7(16-6)17-18(13,14)15/h2-12H,1H2,(H2,13,14,15)/p-2/t2-,3+,4+,5+,6-,7-/m1/s1. The number of rotatable bonds is 4. The van der Waals surface area contributed by atoms with Crippen molar-refractivity contribution in [3.05, 3.63) is 0 Å². The van der Waals surface area contributed by atoms with Gasteiger partial charge in [0.1, 0.15) is 30.5 Å². The van der Waals surface area contributed by atoms with Gasteiger partial charge in [-0.3, -0.25) is 0 Å². The molecule has 0 aromatic heterocycles. The van der Waals surface area contributed by atoms with E-state index in [-0.39, 0.29) is 0 Å². The summed E-state index contributed by atoms with van der Waals surface area (Å²) in [6, 6.07) is 0. The number of phosphoric acid groups is 1. The van der Waals surface area contributed by atoms with Crippen LogP contribution in [0.4, 0.5) is 0 Å². The van der Waals surface area contributed by atoms with E-state index in [9.17, 15) is 34.8 Å². The lowest BCUT2D eigenvalue weighted by atomic mass is 9.96. The van der Waals surface area contributed by atoms with E-state index in [1.165, 1.54) is 0 Å². The van der Waals surface area contributed by atoms with Gasteiger partial charge in [-0.05, 0) is 0 Å². The molecule has 0 aliphatic carbocycles. The first-order valence-electron chi connectivity index (χ1n) is 4.86. The zero-order valence-corrected chi connectivity index (χ0v) is 9.79. The Hall–Kier alpha value is -0.130. The number of phosphoric ester groups is 1. The fourth-order valence-corrected chi connectivity index (χ4v) is 1.94. The van der Waals surface area contributed by atoms with Crippen molar-refractivity contribution >= 4 is 7.82 Å². The normalized spacial score (nSPS) is 39.6. The highest BCUT2D eigenvalue weighted by Crippen LogP contribution is 2.33. The Bertz CT molecular complexity index is 317. The Morgan fingerprint density at radius 2 is 1.78 bits per heavy atom. The molecule has 0 saturated carbocycles. The van der Waals surface area contributed by atoms with E-state index in [2.05, 4.69) is 9.26 Å². The fraction of sp³-hybridized carbons (Fsp3) is 1.00. The van der Waals surface area contributed by atoms with Gasteiger partial charge < -0.3 is 49.1 Å². The molecular weight excluding hydrogens is 275 g/mol. The zero-order chi connectivity index (χ0) is 14.1. The van der Waals surface area contributed by atoms with Crippen molar-refractivity contribution in [2.24, 2.45) is 0 Å². The van der Waals surface area contributed by atoms with Crippen LogP contribution in [0, 0.1) is 0 Å². The number of aliphatic hydroxyl groups excluding tert-OH is 5. The van der Waals surface area contributed by atoms with E-state index in [0.717, 1.165) is 0 Å². The maximum atomic E-state index is 10.4. The summed E-state index contributed by atoms with van der Waals surface area (Å²) < 4.78 is 18.9. The molecule has 5 N–H and O–H groups in total. The Morgan fingerprint density at radius 3 is 2.22 bits per heavy atom. The molecule has 6 atom stereocenters. The van der Waals surface area contributed by atoms with Crippen molar-refractivity contribution in [2.45, 2.75) is 36.8 Å². The summed E-state index contributed by atoms with van der Waals surface area (Å²) in [5.41, 5.74) is 0. The molecule has 1 aliphatic rings. The van der Waals surface area contributed by atoms with Crippen molar-refractivity contribution in [2.75, 3.05) is 6.61 Å². The lowest BCUT2D eigenvalue weighted by molar-refractivity contribution is -0.370. The van der Waals surface area contributed by atoms with E-state index >= 15 is 0 Å². The highest BCUT2D eigenvalue weighted by Gasteiger charge is 2.47. The third-order valence-corrected chi connectivity index (χ3v) is 2.87. The lowest BCUT2D eigenvalue weighted by Crippen LogP contribution is -2.61. The second kappa shape index (κ2) is 5.88. The zero-order valence-electron chi connectivity index (χ0n) is 8.90. The van der Waals surface area contributed by atoms with Crippen LogP contribution in [0.2, 0.25) is 0 Å². The first-order valence-corrected chi connectivity index (χ1v) is 6.32. The summed E-state index contributed by atoms with van der Waals surface area (Å²) in [6.45, 7) is -0.857. The SMILES string of the molecule is O=P([O-])([O-])O[C@H]1O[C@H]([C@H](O)CO)[C@@H](O)[C@H](O)[C@@H]1O. The van der Waals surface area contributed by atoms with Crippen molar-refractivity contribution in [1.82, 2.24) is 0 Å². The number of aliphatic hydroxyl groups is 5. The molecule has 0 radical (unpaired) electrons. The van der Waals surface area contributed by atoms with Crippen LogP contribution in [-0.2, 0) is 13.8 Å². The number of ether oxygens (including phenoxy) is 1. The number of hydrogen-bond donors (Lipinski definition) is 5. The van der Waals surface area contributed by atoms with Crippen molar-refractivity contribution < 1.29 is 49.1 Å². The van der Waals surface area contributed by atoms with Crippen LogP contribution in [0.5, 0.6) is 0 Å². The van der Waals surface area contributed by atoms with E-state index in [4.69, 9.17) is 5.11 Å². The molecule has 0 spiro atoms. The molecule has 0 amide bonds. The van der Waals surface area contributed by atoms with Gasteiger partial charge in [0.05, 0.1) is 14.4 Å². The smallest absolute Gasteiger partial charge is 0.191 e. The summed E-state index contributed by atoms with van der Waals surface area (Å²) in [7, 11) is -5.50. The average molecular weight is 288 g/mol. The van der Waals surface area contributed by atoms with Gasteiger partial charge in [-0.15, -0.1) is 0 Å². The van der Waals surface area contributed by atoms with Gasteiger partial charge >= 0.3 is 0 Å². The topological polar surface area (TPSA) is 183 Å². The van der Waals surface area contributed by atoms with Crippen LogP contribution < -0.4 is 9.79 Å². The van der Waals surface area contributed by atoms with Crippen molar-refractivity contribution in [3.8, 4) is 0 Å². The molecule has 0 bridgehead atoms. The molecule has 10 nitrogen and oxygen atoms in total. The predicted molar refractivity (Wildman–Crippen MR) is 48.5 cm³/mol. The molecule has 11 heteroatoms. The van der Waals surface area contributed by atoms with Gasteiger partial charge in [0.15, 0.2) is 6.29 Å². The highest BCUT2D eigenvalue weighted by atomic mass is 31.2. The molecule has 1 aliphatic heterocycles. The number of hydrogen-bond acceptors (Lipinski definition) is 10. The molecule has 1 heterocycles. The highest BCUT2D eigenvalue weighted by molar-refractivity contribution is 7.43. The third kappa shape index (κ3) is 3.68. The van der Waals surface area contributed by atoms with Gasteiger partial charge in [0.2, 0.25) is 0 Å². The van der Waals surface area contributed by atoms with E-state index in [0.29, 0.717) is 0 Å². The molecule has 1 saturated heterocycles. The Kier molecular flexibility index (Phi) is 5.21. The maximum Gasteiger partial charge on any atom is 0.191 e. The van der Waals surface area contributed by atoms with Gasteiger partial charge in [0.25, 0.3) is 0 Å². The van der Waals surface area contributed by atoms with Crippen LogP contribution in [0.3, 0.4) is 0 Å². The summed E-state index contributed by atoms with van der Waals surface area (Å²) in [5.74, 6) is 0. The summed E-state index contributed by atoms with van der Waals surface area (Å²) in [4.78, 5) is 20.8.